The number of ether oxygens (including phenoxy) is 3. The van der Waals surface area contributed by atoms with Crippen molar-refractivity contribution in [3.8, 4) is 17.2 Å². The van der Waals surface area contributed by atoms with E-state index in [0.717, 1.165) is 5.56 Å². The molecule has 0 saturated carbocycles. The van der Waals surface area contributed by atoms with Crippen LogP contribution in [-0.2, 0) is 14.3 Å². The van der Waals surface area contributed by atoms with Gasteiger partial charge in [0.1, 0.15) is 13.2 Å². The van der Waals surface area contributed by atoms with E-state index in [1.54, 1.807) is 37.4 Å². The molecule has 1 atom stereocenters. The lowest BCUT2D eigenvalue weighted by Gasteiger charge is -2.27. The topological polar surface area (TPSA) is 71.1 Å². The Morgan fingerprint density at radius 2 is 1.92 bits per heavy atom. The molecule has 0 aromatic heterocycles. The maximum atomic E-state index is 12.2. The van der Waals surface area contributed by atoms with Crippen molar-refractivity contribution in [3.05, 3.63) is 48.0 Å². The van der Waals surface area contributed by atoms with Gasteiger partial charge in [-0.15, -0.1) is 0 Å². The van der Waals surface area contributed by atoms with Crippen LogP contribution in [-0.4, -0.2) is 34.8 Å². The summed E-state index contributed by atoms with van der Waals surface area (Å²) in [6.45, 7) is 1.93. The highest BCUT2D eigenvalue weighted by molar-refractivity contribution is 7.86. The van der Waals surface area contributed by atoms with Gasteiger partial charge in [0.2, 0.25) is 5.75 Å². The van der Waals surface area contributed by atoms with Gasteiger partial charge in [-0.3, -0.25) is 4.18 Å². The fraction of sp³-hybridized carbons (Fsp3) is 0.294. The molecule has 0 saturated heterocycles. The molecule has 0 N–H and O–H groups in total. The molecular weight excluding hydrogens is 332 g/mol. The lowest BCUT2D eigenvalue weighted by molar-refractivity contribution is 0.0534. The predicted octanol–water partition coefficient (Wildman–Crippen LogP) is 2.55. The van der Waals surface area contributed by atoms with Gasteiger partial charge < -0.3 is 14.2 Å². The number of methoxy groups -OCH3 is 1. The zero-order valence-electron chi connectivity index (χ0n) is 13.4. The molecule has 1 aliphatic rings. The lowest BCUT2D eigenvalue weighted by Crippen LogP contribution is -2.34. The van der Waals surface area contributed by atoms with E-state index in [-0.39, 0.29) is 18.1 Å². The highest BCUT2D eigenvalue weighted by Crippen LogP contribution is 2.39. The molecule has 0 bridgehead atoms. The lowest BCUT2D eigenvalue weighted by atomic mass is 10.2. The Labute approximate surface area is 141 Å². The van der Waals surface area contributed by atoms with E-state index in [0.29, 0.717) is 17.2 Å². The van der Waals surface area contributed by atoms with Crippen LogP contribution < -0.4 is 14.2 Å². The predicted molar refractivity (Wildman–Crippen MR) is 87.2 cm³/mol. The van der Waals surface area contributed by atoms with E-state index in [1.807, 2.05) is 6.92 Å². The van der Waals surface area contributed by atoms with Crippen molar-refractivity contribution in [1.29, 1.82) is 0 Å². The van der Waals surface area contributed by atoms with Gasteiger partial charge in [0.15, 0.2) is 17.6 Å². The molecule has 0 unspecified atom stereocenters. The van der Waals surface area contributed by atoms with E-state index < -0.39 is 16.2 Å². The molecule has 7 heteroatoms. The molecule has 0 amide bonds. The summed E-state index contributed by atoms with van der Waals surface area (Å²) in [6, 6.07) is 11.7. The van der Waals surface area contributed by atoms with Crippen molar-refractivity contribution in [3.63, 3.8) is 0 Å². The average Bonchev–Trinajstić information content (AvgIpc) is 2.59. The monoisotopic (exact) mass is 350 g/mol. The van der Waals surface area contributed by atoms with Crippen molar-refractivity contribution in [2.24, 2.45) is 0 Å². The Bertz CT molecular complexity index is 813. The molecule has 128 valence electrons. The van der Waals surface area contributed by atoms with E-state index in [4.69, 9.17) is 18.4 Å². The number of hydrogen-bond donors (Lipinski definition) is 0. The smallest absolute Gasteiger partial charge is 0.297 e. The van der Waals surface area contributed by atoms with Gasteiger partial charge in [-0.05, 0) is 31.2 Å². The average molecular weight is 350 g/mol. The fourth-order valence-corrected chi connectivity index (χ4v) is 3.24. The summed E-state index contributed by atoms with van der Waals surface area (Å²) in [5.74, 6) is 1.58. The van der Waals surface area contributed by atoms with Crippen LogP contribution in [0, 0.1) is 6.92 Å². The van der Waals surface area contributed by atoms with Crippen molar-refractivity contribution >= 4 is 10.1 Å². The summed E-state index contributed by atoms with van der Waals surface area (Å²) in [6.07, 6.45) is -0.523. The first-order valence-corrected chi connectivity index (χ1v) is 8.83. The van der Waals surface area contributed by atoms with Crippen molar-refractivity contribution < 1.29 is 26.8 Å². The molecule has 2 aromatic rings. The molecule has 3 rings (SSSR count). The molecule has 1 aliphatic heterocycles. The second-order valence-electron chi connectivity index (χ2n) is 5.39. The maximum absolute atomic E-state index is 12.2. The second kappa shape index (κ2) is 6.70. The molecule has 0 spiro atoms. The van der Waals surface area contributed by atoms with Crippen LogP contribution in [0.5, 0.6) is 17.2 Å². The fourth-order valence-electron chi connectivity index (χ4n) is 2.30. The summed E-state index contributed by atoms with van der Waals surface area (Å²) in [5.41, 5.74) is 0.975. The van der Waals surface area contributed by atoms with E-state index in [2.05, 4.69) is 0 Å². The molecule has 6 nitrogen and oxygen atoms in total. The van der Waals surface area contributed by atoms with Crippen LogP contribution in [0.15, 0.2) is 47.4 Å². The molecule has 1 heterocycles. The molecule has 0 fully saturated rings. The third-order valence-electron chi connectivity index (χ3n) is 3.59. The molecule has 0 aliphatic carbocycles. The van der Waals surface area contributed by atoms with Crippen molar-refractivity contribution in [2.75, 3.05) is 20.3 Å². The first-order valence-electron chi connectivity index (χ1n) is 7.42. The normalized spacial score (nSPS) is 16.7. The highest BCUT2D eigenvalue weighted by Gasteiger charge is 2.26. The van der Waals surface area contributed by atoms with Crippen molar-refractivity contribution in [2.45, 2.75) is 17.9 Å². The first-order chi connectivity index (χ1) is 11.5. The zero-order valence-corrected chi connectivity index (χ0v) is 14.2. The third-order valence-corrected chi connectivity index (χ3v) is 4.88. The molecule has 24 heavy (non-hydrogen) atoms. The molecule has 0 radical (unpaired) electrons. The van der Waals surface area contributed by atoms with Gasteiger partial charge >= 0.3 is 0 Å². The summed E-state index contributed by atoms with van der Waals surface area (Å²) in [7, 11) is -2.28. The minimum atomic E-state index is -3.83. The number of hydrogen-bond acceptors (Lipinski definition) is 6. The van der Waals surface area contributed by atoms with Gasteiger partial charge in [0.05, 0.1) is 12.0 Å². The van der Waals surface area contributed by atoms with Gasteiger partial charge in [0, 0.05) is 0 Å². The minimum Gasteiger partial charge on any atom is -0.493 e. The summed E-state index contributed by atoms with van der Waals surface area (Å²) >= 11 is 0. The van der Waals surface area contributed by atoms with Crippen LogP contribution in [0.1, 0.15) is 5.56 Å². The van der Waals surface area contributed by atoms with Crippen LogP contribution >= 0.6 is 0 Å². The van der Waals surface area contributed by atoms with Gasteiger partial charge in [0.25, 0.3) is 10.1 Å². The standard InChI is InChI=1S/C17H18O6S/c1-12-6-8-14(9-7-12)24(18,19)22-11-13-10-21-17-15(20-2)4-3-5-16(17)23-13/h3-9,13H,10-11H2,1-2H3/t13-/m0/s1. The Hall–Kier alpha value is -2.25. The molecule has 2 aromatic carbocycles. The Balaban J connectivity index is 1.66. The van der Waals surface area contributed by atoms with Gasteiger partial charge in [-0.2, -0.15) is 8.42 Å². The highest BCUT2D eigenvalue weighted by atomic mass is 32.2. The number of para-hydroxylation sites is 1. The molecular formula is C17H18O6S. The summed E-state index contributed by atoms with van der Waals surface area (Å²) < 4.78 is 46.0. The van der Waals surface area contributed by atoms with E-state index >= 15 is 0 Å². The Kier molecular flexibility index (Phi) is 4.64. The van der Waals surface area contributed by atoms with Crippen LogP contribution in [0.2, 0.25) is 0 Å². The van der Waals surface area contributed by atoms with Crippen LogP contribution in [0.4, 0.5) is 0 Å². The van der Waals surface area contributed by atoms with Gasteiger partial charge in [-0.1, -0.05) is 23.8 Å². The minimum absolute atomic E-state index is 0.117. The van der Waals surface area contributed by atoms with Crippen molar-refractivity contribution in [1.82, 2.24) is 0 Å². The summed E-state index contributed by atoms with van der Waals surface area (Å²) in [4.78, 5) is 0.117. The first kappa shape index (κ1) is 16.6. The zero-order chi connectivity index (χ0) is 17.2. The quantitative estimate of drug-likeness (QED) is 0.772. The number of benzene rings is 2. The number of aryl methyl sites for hydroxylation is 1. The second-order valence-corrected chi connectivity index (χ2v) is 7.01. The van der Waals surface area contributed by atoms with Crippen LogP contribution in [0.25, 0.3) is 0 Å². The SMILES string of the molecule is COc1cccc2c1OC[C@@H](COS(=O)(=O)c1ccc(C)cc1)O2. The van der Waals surface area contributed by atoms with Crippen LogP contribution in [0.3, 0.4) is 0 Å². The third kappa shape index (κ3) is 3.47. The Morgan fingerprint density at radius 3 is 2.62 bits per heavy atom. The van der Waals surface area contributed by atoms with Gasteiger partial charge in [-0.25, -0.2) is 0 Å². The summed E-state index contributed by atoms with van der Waals surface area (Å²) in [5, 5.41) is 0. The number of fused-ring (bicyclic) bond motifs is 1. The van der Waals surface area contributed by atoms with E-state index in [9.17, 15) is 8.42 Å². The largest absolute Gasteiger partial charge is 0.493 e. The Morgan fingerprint density at radius 1 is 1.17 bits per heavy atom. The number of rotatable bonds is 5. The van der Waals surface area contributed by atoms with E-state index in [1.165, 1.54) is 12.1 Å². The maximum Gasteiger partial charge on any atom is 0.297 e.